The van der Waals surface area contributed by atoms with Crippen LogP contribution in [0.4, 0.5) is 9.52 Å². The number of hydrogen-bond acceptors (Lipinski definition) is 4. The van der Waals surface area contributed by atoms with Crippen molar-refractivity contribution in [2.24, 2.45) is 11.7 Å². The predicted molar refractivity (Wildman–Crippen MR) is 79.1 cm³/mol. The van der Waals surface area contributed by atoms with Crippen LogP contribution in [0.5, 0.6) is 0 Å². The number of thiazole rings is 1. The Kier molecular flexibility index (Phi) is 4.46. The van der Waals surface area contributed by atoms with Gasteiger partial charge in [0.25, 0.3) is 0 Å². The minimum absolute atomic E-state index is 0.146. The molecule has 1 heterocycles. The average Bonchev–Trinajstić information content (AvgIpc) is 2.79. The fraction of sp³-hybridized carbons (Fsp3) is 0.286. The van der Waals surface area contributed by atoms with Gasteiger partial charge >= 0.3 is 0 Å². The summed E-state index contributed by atoms with van der Waals surface area (Å²) < 4.78 is 12.9. The third kappa shape index (κ3) is 3.20. The van der Waals surface area contributed by atoms with Gasteiger partial charge in [-0.1, -0.05) is 6.92 Å². The molecule has 106 valence electrons. The molecular formula is C14H16FN3OS. The van der Waals surface area contributed by atoms with Crippen LogP contribution < -0.4 is 11.1 Å². The van der Waals surface area contributed by atoms with Crippen molar-refractivity contribution >= 4 is 22.4 Å². The number of halogens is 1. The highest BCUT2D eigenvalue weighted by Crippen LogP contribution is 2.30. The first-order chi connectivity index (χ1) is 9.51. The maximum Gasteiger partial charge on any atom is 0.230 e. The number of aryl methyl sites for hydroxylation is 1. The van der Waals surface area contributed by atoms with Gasteiger partial charge in [-0.15, -0.1) is 11.3 Å². The number of nitrogens with two attached hydrogens (primary N) is 1. The largest absolute Gasteiger partial charge is 0.330 e. The lowest BCUT2D eigenvalue weighted by Gasteiger charge is -2.06. The Morgan fingerprint density at radius 2 is 2.10 bits per heavy atom. The van der Waals surface area contributed by atoms with Crippen LogP contribution in [-0.2, 0) is 4.79 Å². The van der Waals surface area contributed by atoms with Crippen molar-refractivity contribution in [3.05, 3.63) is 35.0 Å². The molecule has 0 radical (unpaired) electrons. The van der Waals surface area contributed by atoms with Crippen LogP contribution in [0.15, 0.2) is 24.3 Å². The van der Waals surface area contributed by atoms with Crippen molar-refractivity contribution in [2.45, 2.75) is 13.8 Å². The first kappa shape index (κ1) is 14.6. The van der Waals surface area contributed by atoms with Gasteiger partial charge in [-0.2, -0.15) is 0 Å². The molecule has 0 aliphatic carbocycles. The second-order valence-corrected chi connectivity index (χ2v) is 5.76. The van der Waals surface area contributed by atoms with E-state index in [1.807, 2.05) is 6.92 Å². The lowest BCUT2D eigenvalue weighted by molar-refractivity contribution is -0.119. The van der Waals surface area contributed by atoms with Gasteiger partial charge in [0.05, 0.1) is 5.69 Å². The van der Waals surface area contributed by atoms with Gasteiger partial charge in [0.15, 0.2) is 5.13 Å². The number of amides is 1. The van der Waals surface area contributed by atoms with Crippen LogP contribution in [0.1, 0.15) is 11.8 Å². The quantitative estimate of drug-likeness (QED) is 0.910. The van der Waals surface area contributed by atoms with Gasteiger partial charge in [-0.3, -0.25) is 4.79 Å². The van der Waals surface area contributed by atoms with E-state index in [1.54, 1.807) is 19.1 Å². The average molecular weight is 293 g/mol. The Morgan fingerprint density at radius 3 is 2.70 bits per heavy atom. The van der Waals surface area contributed by atoms with Crippen molar-refractivity contribution in [2.75, 3.05) is 11.9 Å². The third-order valence-corrected chi connectivity index (χ3v) is 3.83. The fourth-order valence-electron chi connectivity index (χ4n) is 1.66. The van der Waals surface area contributed by atoms with Crippen molar-refractivity contribution < 1.29 is 9.18 Å². The maximum absolute atomic E-state index is 12.9. The molecule has 2 aromatic rings. The van der Waals surface area contributed by atoms with E-state index in [0.717, 1.165) is 16.1 Å². The van der Waals surface area contributed by atoms with E-state index < -0.39 is 0 Å². The Balaban J connectivity index is 2.21. The predicted octanol–water partition coefficient (Wildman–Crippen LogP) is 2.79. The summed E-state index contributed by atoms with van der Waals surface area (Å²) in [6.45, 7) is 3.97. The van der Waals surface area contributed by atoms with Gasteiger partial charge in [-0.05, 0) is 31.2 Å². The van der Waals surface area contributed by atoms with E-state index >= 15 is 0 Å². The highest BCUT2D eigenvalue weighted by atomic mass is 32.1. The highest BCUT2D eigenvalue weighted by Gasteiger charge is 2.15. The lowest BCUT2D eigenvalue weighted by Crippen LogP contribution is -2.26. The Labute approximate surface area is 120 Å². The summed E-state index contributed by atoms with van der Waals surface area (Å²) in [6, 6.07) is 6.13. The van der Waals surface area contributed by atoms with Crippen molar-refractivity contribution in [3.8, 4) is 11.3 Å². The summed E-state index contributed by atoms with van der Waals surface area (Å²) >= 11 is 1.39. The van der Waals surface area contributed by atoms with Gasteiger partial charge in [0.1, 0.15) is 5.82 Å². The van der Waals surface area contributed by atoms with Crippen molar-refractivity contribution in [1.29, 1.82) is 0 Å². The summed E-state index contributed by atoms with van der Waals surface area (Å²) in [5.74, 6) is -0.688. The van der Waals surface area contributed by atoms with E-state index in [4.69, 9.17) is 5.73 Å². The molecule has 6 heteroatoms. The lowest BCUT2D eigenvalue weighted by atomic mass is 10.1. The first-order valence-corrected chi connectivity index (χ1v) is 7.07. The van der Waals surface area contributed by atoms with Gasteiger partial charge in [0, 0.05) is 22.9 Å². The molecule has 1 unspecified atom stereocenters. The summed E-state index contributed by atoms with van der Waals surface area (Å²) in [7, 11) is 0. The molecule has 0 fully saturated rings. The zero-order valence-corrected chi connectivity index (χ0v) is 12.1. The molecule has 1 aromatic heterocycles. The number of nitrogens with zero attached hydrogens (tertiary/aromatic N) is 1. The van der Waals surface area contributed by atoms with E-state index in [-0.39, 0.29) is 17.6 Å². The van der Waals surface area contributed by atoms with E-state index in [2.05, 4.69) is 10.3 Å². The Morgan fingerprint density at radius 1 is 1.45 bits per heavy atom. The number of anilines is 1. The van der Waals surface area contributed by atoms with Gasteiger partial charge in [0.2, 0.25) is 5.91 Å². The third-order valence-electron chi connectivity index (χ3n) is 2.95. The number of hydrogen-bond donors (Lipinski definition) is 2. The first-order valence-electron chi connectivity index (χ1n) is 6.25. The molecule has 20 heavy (non-hydrogen) atoms. The Bertz CT molecular complexity index is 609. The summed E-state index contributed by atoms with van der Waals surface area (Å²) in [5, 5.41) is 3.28. The standard InChI is InChI=1S/C14H16FN3OS/c1-8(7-16)13(19)18-14-17-12(9(2)20-14)10-3-5-11(15)6-4-10/h3-6,8H,7,16H2,1-2H3,(H,17,18,19). The van der Waals surface area contributed by atoms with Crippen LogP contribution in [0.2, 0.25) is 0 Å². The normalized spacial score (nSPS) is 12.2. The molecule has 0 bridgehead atoms. The molecule has 0 aliphatic rings. The zero-order valence-electron chi connectivity index (χ0n) is 11.3. The minimum Gasteiger partial charge on any atom is -0.330 e. The zero-order chi connectivity index (χ0) is 14.7. The van der Waals surface area contributed by atoms with E-state index in [0.29, 0.717) is 11.7 Å². The molecule has 1 amide bonds. The molecule has 3 N–H and O–H groups in total. The molecule has 0 saturated carbocycles. The minimum atomic E-state index is -0.285. The van der Waals surface area contributed by atoms with Crippen LogP contribution >= 0.6 is 11.3 Å². The van der Waals surface area contributed by atoms with Crippen molar-refractivity contribution in [1.82, 2.24) is 4.98 Å². The number of carbonyl (C=O) groups excluding carboxylic acids is 1. The highest BCUT2D eigenvalue weighted by molar-refractivity contribution is 7.16. The molecule has 2 rings (SSSR count). The van der Waals surface area contributed by atoms with E-state index in [1.165, 1.54) is 23.5 Å². The second-order valence-electron chi connectivity index (χ2n) is 4.56. The number of carbonyl (C=O) groups is 1. The second kappa shape index (κ2) is 6.11. The molecule has 0 spiro atoms. The monoisotopic (exact) mass is 293 g/mol. The van der Waals surface area contributed by atoms with Crippen LogP contribution in [0.3, 0.4) is 0 Å². The Hall–Kier alpha value is -1.79. The van der Waals surface area contributed by atoms with Crippen LogP contribution in [-0.4, -0.2) is 17.4 Å². The summed E-state index contributed by atoms with van der Waals surface area (Å²) in [6.07, 6.45) is 0. The van der Waals surface area contributed by atoms with Crippen LogP contribution in [0, 0.1) is 18.7 Å². The smallest absolute Gasteiger partial charge is 0.230 e. The topological polar surface area (TPSA) is 68.0 Å². The van der Waals surface area contributed by atoms with Gasteiger partial charge < -0.3 is 11.1 Å². The summed E-state index contributed by atoms with van der Waals surface area (Å²) in [5.41, 5.74) is 7.04. The molecule has 1 aromatic carbocycles. The molecular weight excluding hydrogens is 277 g/mol. The number of nitrogens with one attached hydrogen (secondary N) is 1. The molecule has 4 nitrogen and oxygen atoms in total. The van der Waals surface area contributed by atoms with Crippen LogP contribution in [0.25, 0.3) is 11.3 Å². The SMILES string of the molecule is Cc1sc(NC(=O)C(C)CN)nc1-c1ccc(F)cc1. The van der Waals surface area contributed by atoms with Gasteiger partial charge in [-0.25, -0.2) is 9.37 Å². The summed E-state index contributed by atoms with van der Waals surface area (Å²) in [4.78, 5) is 17.1. The fourth-order valence-corrected chi connectivity index (χ4v) is 2.50. The maximum atomic E-state index is 12.9. The molecule has 0 aliphatic heterocycles. The molecule has 0 saturated heterocycles. The number of benzene rings is 1. The van der Waals surface area contributed by atoms with E-state index in [9.17, 15) is 9.18 Å². The number of aromatic nitrogens is 1. The number of rotatable bonds is 4. The molecule has 1 atom stereocenters. The van der Waals surface area contributed by atoms with Crippen molar-refractivity contribution in [3.63, 3.8) is 0 Å².